The summed E-state index contributed by atoms with van der Waals surface area (Å²) in [5.41, 5.74) is 7.44. The molecule has 0 heterocycles. The van der Waals surface area contributed by atoms with Gasteiger partial charge in [-0.3, -0.25) is 0 Å². The first-order chi connectivity index (χ1) is 9.62. The van der Waals surface area contributed by atoms with Gasteiger partial charge < -0.3 is 20.9 Å². The Kier molecular flexibility index (Phi) is 7.23. The van der Waals surface area contributed by atoms with Gasteiger partial charge >= 0.3 is 0 Å². The second-order valence-corrected chi connectivity index (χ2v) is 5.13. The molecule has 0 aliphatic rings. The zero-order valence-corrected chi connectivity index (χ0v) is 12.9. The zero-order valence-electron chi connectivity index (χ0n) is 12.9. The molecule has 1 aromatic rings. The van der Waals surface area contributed by atoms with Crippen LogP contribution < -0.4 is 15.8 Å². The van der Waals surface area contributed by atoms with E-state index >= 15 is 0 Å². The van der Waals surface area contributed by atoms with Crippen LogP contribution >= 0.6 is 0 Å². The average molecular weight is 280 g/mol. The van der Waals surface area contributed by atoms with Gasteiger partial charge in [-0.05, 0) is 24.5 Å². The maximum atomic E-state index is 10.1. The molecule has 1 rings (SSSR count). The second-order valence-electron chi connectivity index (χ2n) is 5.13. The maximum absolute atomic E-state index is 10.1. The minimum absolute atomic E-state index is 0.331. The van der Waals surface area contributed by atoms with Crippen molar-refractivity contribution < 1.29 is 9.84 Å². The molecule has 1 aromatic carbocycles. The summed E-state index contributed by atoms with van der Waals surface area (Å²) in [6.45, 7) is 7.48. The average Bonchev–Trinajstić information content (AvgIpc) is 2.46. The van der Waals surface area contributed by atoms with Crippen molar-refractivity contribution in [2.75, 3.05) is 24.2 Å². The molecule has 0 saturated carbocycles. The molecule has 0 bridgehead atoms. The Bertz CT molecular complexity index is 392. The summed E-state index contributed by atoms with van der Waals surface area (Å²) in [7, 11) is 0. The molecule has 0 radical (unpaired) electrons. The molecule has 4 heteroatoms. The van der Waals surface area contributed by atoms with E-state index in [1.807, 2.05) is 18.2 Å². The maximum Gasteiger partial charge on any atom is 0.144 e. The lowest BCUT2D eigenvalue weighted by atomic mass is 9.96. The Morgan fingerprint density at radius 1 is 1.25 bits per heavy atom. The highest BCUT2D eigenvalue weighted by Gasteiger charge is 2.15. The van der Waals surface area contributed by atoms with Crippen LogP contribution in [0.3, 0.4) is 0 Å². The minimum Gasteiger partial charge on any atom is -0.491 e. The van der Waals surface area contributed by atoms with E-state index in [1.165, 1.54) is 0 Å². The normalized spacial score (nSPS) is 12.4. The largest absolute Gasteiger partial charge is 0.491 e. The molecule has 114 valence electrons. The SMILES string of the molecule is CCCOc1cc(NCC(O)C(CC)CC)ccc1N. The van der Waals surface area contributed by atoms with Crippen LogP contribution in [-0.2, 0) is 0 Å². The van der Waals surface area contributed by atoms with E-state index < -0.39 is 0 Å². The summed E-state index contributed by atoms with van der Waals surface area (Å²) in [5.74, 6) is 1.04. The van der Waals surface area contributed by atoms with E-state index in [4.69, 9.17) is 10.5 Å². The molecular formula is C16H28N2O2. The Balaban J connectivity index is 2.59. The van der Waals surface area contributed by atoms with Gasteiger partial charge in [0.1, 0.15) is 5.75 Å². The molecule has 0 fully saturated rings. The number of rotatable bonds is 9. The first-order valence-electron chi connectivity index (χ1n) is 7.56. The van der Waals surface area contributed by atoms with Gasteiger partial charge in [-0.2, -0.15) is 0 Å². The second kappa shape index (κ2) is 8.69. The summed E-state index contributed by atoms with van der Waals surface area (Å²) in [4.78, 5) is 0. The number of hydrogen-bond acceptors (Lipinski definition) is 4. The Hall–Kier alpha value is -1.42. The third-order valence-corrected chi connectivity index (χ3v) is 3.58. The van der Waals surface area contributed by atoms with E-state index in [0.717, 1.165) is 24.9 Å². The van der Waals surface area contributed by atoms with Crippen molar-refractivity contribution in [3.8, 4) is 5.75 Å². The first kappa shape index (κ1) is 16.6. The number of ether oxygens (including phenoxy) is 1. The number of hydrogen-bond donors (Lipinski definition) is 3. The van der Waals surface area contributed by atoms with Crippen LogP contribution in [0.4, 0.5) is 11.4 Å². The van der Waals surface area contributed by atoms with Gasteiger partial charge in [-0.15, -0.1) is 0 Å². The molecule has 0 saturated heterocycles. The molecule has 1 atom stereocenters. The van der Waals surface area contributed by atoms with E-state index in [1.54, 1.807) is 0 Å². The predicted octanol–water partition coefficient (Wildman–Crippen LogP) is 3.27. The fourth-order valence-electron chi connectivity index (χ4n) is 2.20. The van der Waals surface area contributed by atoms with Crippen LogP contribution in [0.5, 0.6) is 5.75 Å². The van der Waals surface area contributed by atoms with E-state index in [2.05, 4.69) is 26.1 Å². The summed E-state index contributed by atoms with van der Waals surface area (Å²) < 4.78 is 5.60. The van der Waals surface area contributed by atoms with Crippen LogP contribution in [0.15, 0.2) is 18.2 Å². The van der Waals surface area contributed by atoms with Gasteiger partial charge in [-0.1, -0.05) is 33.6 Å². The lowest BCUT2D eigenvalue weighted by Crippen LogP contribution is -2.27. The Morgan fingerprint density at radius 3 is 2.55 bits per heavy atom. The predicted molar refractivity (Wildman–Crippen MR) is 85.2 cm³/mol. The van der Waals surface area contributed by atoms with Crippen LogP contribution in [0.25, 0.3) is 0 Å². The van der Waals surface area contributed by atoms with Crippen LogP contribution in [0.1, 0.15) is 40.0 Å². The van der Waals surface area contributed by atoms with Crippen molar-refractivity contribution in [2.45, 2.75) is 46.1 Å². The summed E-state index contributed by atoms with van der Waals surface area (Å²) in [6, 6.07) is 5.63. The third-order valence-electron chi connectivity index (χ3n) is 3.58. The van der Waals surface area contributed by atoms with E-state index in [-0.39, 0.29) is 6.10 Å². The number of nitrogens with two attached hydrogens (primary N) is 1. The van der Waals surface area contributed by atoms with Gasteiger partial charge in [0, 0.05) is 18.3 Å². The molecule has 0 aliphatic carbocycles. The van der Waals surface area contributed by atoms with E-state index in [9.17, 15) is 5.11 Å². The van der Waals surface area contributed by atoms with Crippen molar-refractivity contribution in [3.05, 3.63) is 18.2 Å². The number of anilines is 2. The van der Waals surface area contributed by atoms with Crippen LogP contribution in [0, 0.1) is 5.92 Å². The van der Waals surface area contributed by atoms with Crippen molar-refractivity contribution in [3.63, 3.8) is 0 Å². The molecule has 4 N–H and O–H groups in total. The van der Waals surface area contributed by atoms with Gasteiger partial charge in [0.05, 0.1) is 18.4 Å². The number of aliphatic hydroxyl groups excluding tert-OH is 1. The fourth-order valence-corrected chi connectivity index (χ4v) is 2.20. The number of aliphatic hydroxyl groups is 1. The van der Waals surface area contributed by atoms with Crippen LogP contribution in [-0.4, -0.2) is 24.4 Å². The highest BCUT2D eigenvalue weighted by atomic mass is 16.5. The van der Waals surface area contributed by atoms with Crippen LogP contribution in [0.2, 0.25) is 0 Å². The zero-order chi connectivity index (χ0) is 15.0. The minimum atomic E-state index is -0.331. The van der Waals surface area contributed by atoms with E-state index in [0.29, 0.717) is 30.5 Å². The van der Waals surface area contributed by atoms with Crippen molar-refractivity contribution in [1.82, 2.24) is 0 Å². The van der Waals surface area contributed by atoms with Crippen molar-refractivity contribution >= 4 is 11.4 Å². The third kappa shape index (κ3) is 4.93. The van der Waals surface area contributed by atoms with Gasteiger partial charge in [0.2, 0.25) is 0 Å². The monoisotopic (exact) mass is 280 g/mol. The quantitative estimate of drug-likeness (QED) is 0.607. The molecule has 0 amide bonds. The summed E-state index contributed by atoms with van der Waals surface area (Å²) >= 11 is 0. The van der Waals surface area contributed by atoms with Gasteiger partial charge in [-0.25, -0.2) is 0 Å². The summed E-state index contributed by atoms with van der Waals surface area (Å²) in [6.07, 6.45) is 2.60. The standard InChI is InChI=1S/C16H28N2O2/c1-4-9-20-16-10-13(7-8-14(16)17)18-11-15(19)12(5-2)6-3/h7-8,10,12,15,18-19H,4-6,9,11,17H2,1-3H3. The highest BCUT2D eigenvalue weighted by Crippen LogP contribution is 2.26. The Labute approximate surface area is 122 Å². The number of nitrogen functional groups attached to an aromatic ring is 1. The molecule has 0 aliphatic heterocycles. The molecule has 1 unspecified atom stereocenters. The van der Waals surface area contributed by atoms with Crippen molar-refractivity contribution in [1.29, 1.82) is 0 Å². The lowest BCUT2D eigenvalue weighted by molar-refractivity contribution is 0.114. The van der Waals surface area contributed by atoms with Gasteiger partial charge in [0.25, 0.3) is 0 Å². The molecule has 20 heavy (non-hydrogen) atoms. The molecule has 0 aromatic heterocycles. The topological polar surface area (TPSA) is 67.5 Å². The highest BCUT2D eigenvalue weighted by molar-refractivity contribution is 5.61. The number of benzene rings is 1. The lowest BCUT2D eigenvalue weighted by Gasteiger charge is -2.21. The smallest absolute Gasteiger partial charge is 0.144 e. The summed E-state index contributed by atoms with van der Waals surface area (Å²) in [5, 5.41) is 13.4. The molecule has 0 spiro atoms. The number of nitrogens with one attached hydrogen (secondary N) is 1. The Morgan fingerprint density at radius 2 is 1.95 bits per heavy atom. The molecular weight excluding hydrogens is 252 g/mol. The fraction of sp³-hybridized carbons (Fsp3) is 0.625. The van der Waals surface area contributed by atoms with Crippen molar-refractivity contribution in [2.24, 2.45) is 5.92 Å². The molecule has 4 nitrogen and oxygen atoms in total. The first-order valence-corrected chi connectivity index (χ1v) is 7.56. The van der Waals surface area contributed by atoms with Gasteiger partial charge in [0.15, 0.2) is 0 Å².